The van der Waals surface area contributed by atoms with Gasteiger partial charge in [-0.3, -0.25) is 19.0 Å². The van der Waals surface area contributed by atoms with Crippen LogP contribution in [0, 0.1) is 22.7 Å². The molecule has 0 aliphatic heterocycles. The Hall–Kier alpha value is -4.78. The zero-order chi connectivity index (χ0) is 24.3. The molecular formula is C20H11F3N6O4. The van der Waals surface area contributed by atoms with Crippen LogP contribution in [0.1, 0.15) is 39.8 Å². The molecule has 166 valence electrons. The summed E-state index contributed by atoms with van der Waals surface area (Å²) >= 11 is 0. The molecule has 0 fully saturated rings. The number of alkyl halides is 3. The lowest BCUT2D eigenvalue weighted by molar-refractivity contribution is -0.142. The van der Waals surface area contributed by atoms with E-state index in [1.54, 1.807) is 12.1 Å². The van der Waals surface area contributed by atoms with Gasteiger partial charge in [0.2, 0.25) is 5.75 Å². The number of ketones is 1. The zero-order valence-electron chi connectivity index (χ0n) is 16.6. The molecule has 0 saturated heterocycles. The van der Waals surface area contributed by atoms with Gasteiger partial charge in [-0.2, -0.15) is 28.8 Å². The number of ether oxygens (including phenoxy) is 1. The molecule has 1 N–H and O–H groups in total. The highest BCUT2D eigenvalue weighted by Gasteiger charge is 2.38. The van der Waals surface area contributed by atoms with Crippen LogP contribution in [0.2, 0.25) is 0 Å². The number of Topliss-reactive ketones (excluding diaryl/α,β-unsaturated/α-hetero) is 1. The van der Waals surface area contributed by atoms with Crippen LogP contribution < -0.4 is 15.9 Å². The van der Waals surface area contributed by atoms with E-state index in [9.17, 15) is 27.6 Å². The molecule has 0 radical (unpaired) electrons. The van der Waals surface area contributed by atoms with Crippen molar-refractivity contribution in [2.24, 2.45) is 0 Å². The summed E-state index contributed by atoms with van der Waals surface area (Å²) in [6.45, 7) is 0.691. The Kier molecular flexibility index (Phi) is 6.08. The second-order valence-electron chi connectivity index (χ2n) is 6.58. The summed E-state index contributed by atoms with van der Waals surface area (Å²) in [7, 11) is 0. The fourth-order valence-electron chi connectivity index (χ4n) is 2.75. The van der Waals surface area contributed by atoms with Crippen LogP contribution in [0.5, 0.6) is 11.5 Å². The molecule has 0 unspecified atom stereocenters. The normalized spacial score (nSPS) is 10.8. The summed E-state index contributed by atoms with van der Waals surface area (Å²) in [6.07, 6.45) is -4.44. The molecule has 2 aromatic heterocycles. The quantitative estimate of drug-likeness (QED) is 0.573. The number of H-pyrrole nitrogens is 1. The molecule has 2 heterocycles. The predicted octanol–water partition coefficient (Wildman–Crippen LogP) is 2.13. The Morgan fingerprint density at radius 2 is 1.79 bits per heavy atom. The van der Waals surface area contributed by atoms with Crippen molar-refractivity contribution >= 4 is 5.78 Å². The van der Waals surface area contributed by atoms with Crippen LogP contribution in [0.15, 0.2) is 40.2 Å². The summed E-state index contributed by atoms with van der Waals surface area (Å²) in [5.74, 6) is -2.12. The van der Waals surface area contributed by atoms with Gasteiger partial charge in [0.15, 0.2) is 11.5 Å². The number of aromatic nitrogens is 4. The molecule has 3 aromatic rings. The van der Waals surface area contributed by atoms with Crippen molar-refractivity contribution in [1.29, 1.82) is 10.5 Å². The van der Waals surface area contributed by atoms with Gasteiger partial charge in [0.25, 0.3) is 11.1 Å². The van der Waals surface area contributed by atoms with E-state index in [4.69, 9.17) is 15.3 Å². The number of aromatic amines is 1. The monoisotopic (exact) mass is 456 g/mol. The molecule has 3 rings (SSSR count). The van der Waals surface area contributed by atoms with Gasteiger partial charge in [0.1, 0.15) is 5.75 Å². The molecule has 0 aliphatic rings. The van der Waals surface area contributed by atoms with Gasteiger partial charge < -0.3 is 4.74 Å². The predicted molar refractivity (Wildman–Crippen MR) is 103 cm³/mol. The minimum atomic E-state index is -5.06. The topological polar surface area (TPSA) is 155 Å². The van der Waals surface area contributed by atoms with E-state index in [1.807, 2.05) is 0 Å². The molecule has 33 heavy (non-hydrogen) atoms. The third kappa shape index (κ3) is 4.94. The van der Waals surface area contributed by atoms with E-state index < -0.39 is 41.1 Å². The maximum Gasteiger partial charge on any atom is 0.437 e. The number of hydrogen-bond acceptors (Lipinski definition) is 8. The average Bonchev–Trinajstić information content (AvgIpc) is 2.76. The van der Waals surface area contributed by atoms with E-state index in [0.717, 1.165) is 29.7 Å². The van der Waals surface area contributed by atoms with Crippen molar-refractivity contribution in [2.75, 3.05) is 0 Å². The average molecular weight is 456 g/mol. The first-order valence-electron chi connectivity index (χ1n) is 8.92. The van der Waals surface area contributed by atoms with E-state index in [2.05, 4.69) is 15.2 Å². The first-order chi connectivity index (χ1) is 15.5. The highest BCUT2D eigenvalue weighted by atomic mass is 19.4. The Bertz CT molecular complexity index is 1430. The van der Waals surface area contributed by atoms with Gasteiger partial charge in [-0.25, -0.2) is 10.1 Å². The molecular weight excluding hydrogens is 445 g/mol. The fourth-order valence-corrected chi connectivity index (χ4v) is 2.75. The highest BCUT2D eigenvalue weighted by molar-refractivity contribution is 5.93. The van der Waals surface area contributed by atoms with Crippen LogP contribution in [-0.4, -0.2) is 25.5 Å². The van der Waals surface area contributed by atoms with E-state index in [1.165, 1.54) is 6.07 Å². The number of benzene rings is 1. The van der Waals surface area contributed by atoms with Crippen LogP contribution in [-0.2, 0) is 12.7 Å². The molecule has 0 amide bonds. The van der Waals surface area contributed by atoms with Gasteiger partial charge in [-0.1, -0.05) is 0 Å². The molecule has 0 spiro atoms. The van der Waals surface area contributed by atoms with Crippen LogP contribution in [0.25, 0.3) is 0 Å². The Morgan fingerprint density at radius 1 is 1.15 bits per heavy atom. The largest absolute Gasteiger partial charge is 0.449 e. The molecule has 0 atom stereocenters. The molecule has 10 nitrogen and oxygen atoms in total. The zero-order valence-corrected chi connectivity index (χ0v) is 16.6. The Balaban J connectivity index is 2.12. The van der Waals surface area contributed by atoms with Crippen molar-refractivity contribution in [3.63, 3.8) is 0 Å². The standard InChI is InChI=1S/C20H11F3N6O4/c1-10(30)15-5-13(27-28-18(15)31)8-29-9-26-17(20(21,22)23)16(19(29)32)33-14-3-11(6-24)2-12(4-14)7-25/h2-5,9H,8H2,1H3,(H,28,31). The summed E-state index contributed by atoms with van der Waals surface area (Å²) in [5, 5.41) is 23.8. The Morgan fingerprint density at radius 3 is 2.33 bits per heavy atom. The van der Waals surface area contributed by atoms with Gasteiger partial charge in [0, 0.05) is 0 Å². The lowest BCUT2D eigenvalue weighted by Crippen LogP contribution is -2.28. The molecule has 0 saturated carbocycles. The lowest BCUT2D eigenvalue weighted by atomic mass is 10.1. The van der Waals surface area contributed by atoms with Crippen molar-refractivity contribution in [2.45, 2.75) is 19.6 Å². The smallest absolute Gasteiger partial charge is 0.437 e. The summed E-state index contributed by atoms with van der Waals surface area (Å²) in [4.78, 5) is 39.3. The van der Waals surface area contributed by atoms with Gasteiger partial charge >= 0.3 is 6.18 Å². The van der Waals surface area contributed by atoms with E-state index >= 15 is 0 Å². The maximum atomic E-state index is 13.5. The number of nitriles is 2. The molecule has 0 aliphatic carbocycles. The first kappa shape index (κ1) is 22.9. The molecule has 1 aromatic carbocycles. The maximum absolute atomic E-state index is 13.5. The Labute approximate surface area is 182 Å². The lowest BCUT2D eigenvalue weighted by Gasteiger charge is -2.14. The fraction of sp³-hybridized carbons (Fsp3) is 0.150. The summed E-state index contributed by atoms with van der Waals surface area (Å²) in [6, 6.07) is 7.86. The highest BCUT2D eigenvalue weighted by Crippen LogP contribution is 2.34. The van der Waals surface area contributed by atoms with Gasteiger partial charge in [0.05, 0.1) is 47.4 Å². The third-order valence-corrected chi connectivity index (χ3v) is 4.22. The van der Waals surface area contributed by atoms with Crippen molar-refractivity contribution in [1.82, 2.24) is 19.7 Å². The summed E-state index contributed by atoms with van der Waals surface area (Å²) in [5.41, 5.74) is -4.04. The van der Waals surface area contributed by atoms with Gasteiger partial charge in [-0.05, 0) is 31.2 Å². The number of nitrogens with one attached hydrogen (secondary N) is 1. The number of halogens is 3. The number of carbonyl (C=O) groups is 1. The first-order valence-corrected chi connectivity index (χ1v) is 8.92. The van der Waals surface area contributed by atoms with Crippen LogP contribution in [0.4, 0.5) is 13.2 Å². The number of hydrogen-bond donors (Lipinski definition) is 1. The van der Waals surface area contributed by atoms with Crippen LogP contribution >= 0.6 is 0 Å². The minimum Gasteiger partial charge on any atom is -0.449 e. The number of rotatable bonds is 5. The van der Waals surface area contributed by atoms with E-state index in [-0.39, 0.29) is 28.1 Å². The number of carbonyl (C=O) groups excluding carboxylic acids is 1. The SMILES string of the molecule is CC(=O)c1cc(Cn2cnc(C(F)(F)F)c(Oc3cc(C#N)cc(C#N)c3)c2=O)n[nH]c1=O. The summed E-state index contributed by atoms with van der Waals surface area (Å²) < 4.78 is 46.3. The van der Waals surface area contributed by atoms with E-state index in [0.29, 0.717) is 6.33 Å². The third-order valence-electron chi connectivity index (χ3n) is 4.22. The second kappa shape index (κ2) is 8.76. The molecule has 13 heteroatoms. The van der Waals surface area contributed by atoms with Gasteiger partial charge in [-0.15, -0.1) is 0 Å². The van der Waals surface area contributed by atoms with Crippen molar-refractivity contribution in [3.05, 3.63) is 79.4 Å². The molecule has 0 bridgehead atoms. The second-order valence-corrected chi connectivity index (χ2v) is 6.58. The number of nitrogens with zero attached hydrogens (tertiary/aromatic N) is 5. The van der Waals surface area contributed by atoms with Crippen molar-refractivity contribution in [3.8, 4) is 23.6 Å². The van der Waals surface area contributed by atoms with Crippen molar-refractivity contribution < 1.29 is 22.7 Å². The van der Waals surface area contributed by atoms with Crippen LogP contribution in [0.3, 0.4) is 0 Å². The minimum absolute atomic E-state index is 0.00680.